The van der Waals surface area contributed by atoms with Crippen molar-refractivity contribution in [1.29, 1.82) is 0 Å². The Morgan fingerprint density at radius 3 is 1.56 bits per heavy atom. The van der Waals surface area contributed by atoms with Crippen molar-refractivity contribution >= 4 is 9.05 Å². The van der Waals surface area contributed by atoms with E-state index in [1.165, 1.54) is 7.11 Å². The fourth-order valence-corrected chi connectivity index (χ4v) is 2.97. The van der Waals surface area contributed by atoms with E-state index in [4.69, 9.17) is 37.8 Å². The molecule has 0 heterocycles. The van der Waals surface area contributed by atoms with Crippen molar-refractivity contribution in [2.24, 2.45) is 0 Å². The quantitative estimate of drug-likeness (QED) is 0.293. The number of ether oxygens (including phenoxy) is 1. The number of rotatable bonds is 12. The zero-order chi connectivity index (χ0) is 13.9. The van der Waals surface area contributed by atoms with Gasteiger partial charge in [-0.05, 0) is 6.92 Å². The van der Waals surface area contributed by atoms with E-state index in [1.807, 2.05) is 0 Å². The monoisotopic (exact) mass is 286 g/mol. The zero-order valence-corrected chi connectivity index (χ0v) is 11.7. The molecule has 0 aromatic carbocycles. The molecule has 0 amide bonds. The van der Waals surface area contributed by atoms with Crippen LogP contribution in [-0.2, 0) is 22.4 Å². The zero-order valence-electron chi connectivity index (χ0n) is 10.7. The molecule has 0 spiro atoms. The Bertz CT molecular complexity index is 172. The van der Waals surface area contributed by atoms with E-state index >= 15 is 0 Å². The van der Waals surface area contributed by atoms with E-state index in [2.05, 4.69) is 0 Å². The Labute approximate surface area is 107 Å². The summed E-state index contributed by atoms with van der Waals surface area (Å²) in [5.41, 5.74) is 0. The first-order chi connectivity index (χ1) is 8.64. The number of hydrogen-bond donors (Lipinski definition) is 3. The first-order valence-electron chi connectivity index (χ1n) is 5.59. The predicted octanol–water partition coefficient (Wildman–Crippen LogP) is -1.54. The fourth-order valence-electron chi connectivity index (χ4n) is 0.990. The minimum absolute atomic E-state index is 0.0421. The lowest BCUT2D eigenvalue weighted by molar-refractivity contribution is -0.133. The first-order valence-corrected chi connectivity index (χ1v) is 7.22. The minimum Gasteiger partial charge on any atom is -0.394 e. The largest absolute Gasteiger partial charge is 0.681 e. The van der Waals surface area contributed by atoms with Gasteiger partial charge in [0.15, 0.2) is 6.29 Å². The highest BCUT2D eigenvalue weighted by atomic mass is 28.4. The molecule has 0 aliphatic rings. The van der Waals surface area contributed by atoms with E-state index in [-0.39, 0.29) is 39.6 Å². The van der Waals surface area contributed by atoms with Crippen LogP contribution in [0.1, 0.15) is 6.92 Å². The lowest BCUT2D eigenvalue weighted by atomic mass is 10.8. The maximum atomic E-state index is 8.77. The second-order valence-electron chi connectivity index (χ2n) is 3.14. The van der Waals surface area contributed by atoms with Gasteiger partial charge in [-0.15, -0.1) is 0 Å². The van der Waals surface area contributed by atoms with Gasteiger partial charge in [-0.1, -0.05) is 0 Å². The maximum Gasteiger partial charge on any atom is 0.681 e. The Morgan fingerprint density at radius 1 is 0.889 bits per heavy atom. The normalized spacial score (nSPS) is 13.8. The van der Waals surface area contributed by atoms with Crippen LogP contribution in [0.2, 0.25) is 0 Å². The van der Waals surface area contributed by atoms with Gasteiger partial charge in [0, 0.05) is 7.11 Å². The summed E-state index contributed by atoms with van der Waals surface area (Å²) in [4.78, 5) is 0. The summed E-state index contributed by atoms with van der Waals surface area (Å²) in [6, 6.07) is 0. The number of aliphatic hydroxyl groups excluding tert-OH is 3. The van der Waals surface area contributed by atoms with Gasteiger partial charge in [0.2, 0.25) is 0 Å². The summed E-state index contributed by atoms with van der Waals surface area (Å²) in [6.07, 6.45) is -0.646. The molecule has 0 aromatic heterocycles. The first kappa shape index (κ1) is 17.9. The topological polar surface area (TPSA) is 107 Å². The van der Waals surface area contributed by atoms with Crippen LogP contribution >= 0.6 is 0 Å². The lowest BCUT2D eigenvalue weighted by Gasteiger charge is -2.29. The third-order valence-corrected chi connectivity index (χ3v) is 4.05. The van der Waals surface area contributed by atoms with Crippen LogP contribution in [0, 0.1) is 0 Å². The van der Waals surface area contributed by atoms with Crippen LogP contribution in [0.3, 0.4) is 0 Å². The van der Waals surface area contributed by atoms with E-state index in [9.17, 15) is 0 Å². The smallest absolute Gasteiger partial charge is 0.394 e. The maximum absolute atomic E-state index is 8.77. The summed E-state index contributed by atoms with van der Waals surface area (Å²) >= 11 is 0. The number of methoxy groups -OCH3 is 1. The molecule has 0 aliphatic heterocycles. The number of hydrogen-bond acceptors (Lipinski definition) is 8. The highest BCUT2D eigenvalue weighted by molar-refractivity contribution is 6.53. The van der Waals surface area contributed by atoms with Crippen LogP contribution in [0.15, 0.2) is 0 Å². The summed E-state index contributed by atoms with van der Waals surface area (Å²) < 4.78 is 26.2. The van der Waals surface area contributed by atoms with Crippen molar-refractivity contribution in [1.82, 2.24) is 0 Å². The van der Waals surface area contributed by atoms with Crippen LogP contribution in [0.25, 0.3) is 0 Å². The molecule has 1 unspecified atom stereocenters. The SMILES string of the molecule is COC(C)O[Si](OCCO)(OCCO)OCCO. The highest BCUT2D eigenvalue weighted by Crippen LogP contribution is 2.14. The van der Waals surface area contributed by atoms with Gasteiger partial charge in [-0.3, -0.25) is 0 Å². The Morgan fingerprint density at radius 2 is 1.28 bits per heavy atom. The summed E-state index contributed by atoms with van der Waals surface area (Å²) in [6.45, 7) is 0.798. The molecular weight excluding hydrogens is 264 g/mol. The third kappa shape index (κ3) is 7.36. The van der Waals surface area contributed by atoms with E-state index in [0.29, 0.717) is 0 Å². The van der Waals surface area contributed by atoms with Crippen LogP contribution < -0.4 is 0 Å². The van der Waals surface area contributed by atoms with Gasteiger partial charge in [0.05, 0.1) is 39.6 Å². The molecule has 3 N–H and O–H groups in total. The molecule has 0 aromatic rings. The average Bonchev–Trinajstić information content (AvgIpc) is 2.40. The van der Waals surface area contributed by atoms with Gasteiger partial charge >= 0.3 is 9.05 Å². The van der Waals surface area contributed by atoms with Gasteiger partial charge in [-0.25, -0.2) is 0 Å². The van der Waals surface area contributed by atoms with Crippen molar-refractivity contribution in [3.63, 3.8) is 0 Å². The van der Waals surface area contributed by atoms with Crippen molar-refractivity contribution in [2.75, 3.05) is 46.8 Å². The number of aliphatic hydroxyl groups is 3. The molecule has 0 saturated heterocycles. The van der Waals surface area contributed by atoms with Crippen molar-refractivity contribution in [3.05, 3.63) is 0 Å². The van der Waals surface area contributed by atoms with Crippen LogP contribution in [-0.4, -0.2) is 77.4 Å². The molecule has 0 rings (SSSR count). The molecule has 0 saturated carbocycles. The molecular formula is C9H22O8Si. The second kappa shape index (κ2) is 10.8. The van der Waals surface area contributed by atoms with E-state index < -0.39 is 15.3 Å². The average molecular weight is 286 g/mol. The molecule has 9 heteroatoms. The summed E-state index contributed by atoms with van der Waals surface area (Å²) in [7, 11) is -2.11. The Hall–Kier alpha value is -0.103. The summed E-state index contributed by atoms with van der Waals surface area (Å²) in [5.74, 6) is 0. The lowest BCUT2D eigenvalue weighted by Crippen LogP contribution is -2.52. The van der Waals surface area contributed by atoms with E-state index in [0.717, 1.165) is 0 Å². The molecule has 0 bridgehead atoms. The molecule has 0 fully saturated rings. The minimum atomic E-state index is -3.55. The van der Waals surface area contributed by atoms with Crippen LogP contribution in [0.5, 0.6) is 0 Å². The van der Waals surface area contributed by atoms with Crippen molar-refractivity contribution < 1.29 is 37.8 Å². The second-order valence-corrected chi connectivity index (χ2v) is 5.24. The van der Waals surface area contributed by atoms with Crippen LogP contribution in [0.4, 0.5) is 0 Å². The van der Waals surface area contributed by atoms with Gasteiger partial charge in [0.1, 0.15) is 0 Å². The predicted molar refractivity (Wildman–Crippen MR) is 62.4 cm³/mol. The molecule has 18 heavy (non-hydrogen) atoms. The van der Waals surface area contributed by atoms with Gasteiger partial charge < -0.3 is 37.8 Å². The Balaban J connectivity index is 4.61. The van der Waals surface area contributed by atoms with Gasteiger partial charge in [-0.2, -0.15) is 0 Å². The highest BCUT2D eigenvalue weighted by Gasteiger charge is 2.47. The molecule has 0 radical (unpaired) electrons. The standard InChI is InChI=1S/C9H22O8Si/c1-9(13-2)17-18(14-6-3-10,15-7-4-11)16-8-5-12/h9-12H,3-8H2,1-2H3. The third-order valence-electron chi connectivity index (χ3n) is 1.75. The molecule has 0 aliphatic carbocycles. The fraction of sp³-hybridized carbons (Fsp3) is 1.00. The summed E-state index contributed by atoms with van der Waals surface area (Å²) in [5, 5.41) is 26.3. The van der Waals surface area contributed by atoms with Gasteiger partial charge in [0.25, 0.3) is 0 Å². The van der Waals surface area contributed by atoms with Crippen molar-refractivity contribution in [3.8, 4) is 0 Å². The molecule has 8 nitrogen and oxygen atoms in total. The Kier molecular flexibility index (Phi) is 10.7. The van der Waals surface area contributed by atoms with E-state index in [1.54, 1.807) is 6.92 Å². The molecule has 110 valence electrons. The molecule has 1 atom stereocenters. The van der Waals surface area contributed by atoms with Crippen molar-refractivity contribution in [2.45, 2.75) is 13.2 Å².